The van der Waals surface area contributed by atoms with E-state index in [0.29, 0.717) is 5.92 Å². The fourth-order valence-electron chi connectivity index (χ4n) is 2.40. The molecule has 1 aromatic heterocycles. The number of hydrogen-bond acceptors (Lipinski definition) is 2. The molecule has 0 spiro atoms. The monoisotopic (exact) mass is 291 g/mol. The van der Waals surface area contributed by atoms with Crippen LogP contribution in [-0.2, 0) is 6.54 Å². The van der Waals surface area contributed by atoms with E-state index in [-0.39, 0.29) is 0 Å². The summed E-state index contributed by atoms with van der Waals surface area (Å²) >= 11 is 3.45. The third kappa shape index (κ3) is 1.90. The van der Waals surface area contributed by atoms with Crippen LogP contribution in [0.2, 0.25) is 0 Å². The van der Waals surface area contributed by atoms with Gasteiger partial charge in [-0.25, -0.2) is 0 Å². The second-order valence-corrected chi connectivity index (χ2v) is 5.50. The maximum atomic E-state index is 4.35. The highest BCUT2D eigenvalue weighted by Gasteiger charge is 2.22. The van der Waals surface area contributed by atoms with Crippen LogP contribution in [0.3, 0.4) is 0 Å². The number of fused-ring (bicyclic) bond motifs is 1. The molecule has 1 unspecified atom stereocenters. The van der Waals surface area contributed by atoms with Crippen LogP contribution in [0.1, 0.15) is 31.5 Å². The Labute approximate surface area is 109 Å². The summed E-state index contributed by atoms with van der Waals surface area (Å²) < 4.78 is 3.35. The van der Waals surface area contributed by atoms with Crippen LogP contribution in [0.15, 0.2) is 28.7 Å². The molecule has 2 heterocycles. The molecule has 1 atom stereocenters. The highest BCUT2D eigenvalue weighted by Crippen LogP contribution is 2.29. The van der Waals surface area contributed by atoms with Crippen molar-refractivity contribution in [3.05, 3.63) is 34.6 Å². The molecule has 0 saturated carbocycles. The van der Waals surface area contributed by atoms with Gasteiger partial charge in [0.1, 0.15) is 5.82 Å². The Morgan fingerprint density at radius 2 is 2.00 bits per heavy atom. The van der Waals surface area contributed by atoms with Gasteiger partial charge in [0.05, 0.1) is 0 Å². The molecule has 0 aliphatic carbocycles. The van der Waals surface area contributed by atoms with E-state index in [1.807, 2.05) is 12.1 Å². The number of aromatic nitrogens is 3. The second kappa shape index (κ2) is 4.26. The third-order valence-electron chi connectivity index (χ3n) is 3.34. The molecule has 3 nitrogen and oxygen atoms in total. The van der Waals surface area contributed by atoms with Crippen molar-refractivity contribution >= 4 is 15.9 Å². The predicted octanol–water partition coefficient (Wildman–Crippen LogP) is 3.60. The van der Waals surface area contributed by atoms with Gasteiger partial charge in [-0.05, 0) is 25.0 Å². The lowest BCUT2D eigenvalue weighted by Crippen LogP contribution is -2.14. The minimum absolute atomic E-state index is 0.528. The van der Waals surface area contributed by atoms with Crippen molar-refractivity contribution in [2.75, 3.05) is 0 Å². The Morgan fingerprint density at radius 3 is 2.76 bits per heavy atom. The SMILES string of the molecule is CC1CCCn2c(-c3ccc(Br)cc3)nnc21. The summed E-state index contributed by atoms with van der Waals surface area (Å²) in [5, 5.41) is 8.68. The maximum absolute atomic E-state index is 4.35. The lowest BCUT2D eigenvalue weighted by atomic mass is 10.0. The first-order valence-corrected chi connectivity index (χ1v) is 6.74. The van der Waals surface area contributed by atoms with Crippen molar-refractivity contribution in [1.82, 2.24) is 14.8 Å². The number of benzene rings is 1. The number of rotatable bonds is 1. The van der Waals surface area contributed by atoms with Gasteiger partial charge in [-0.3, -0.25) is 0 Å². The van der Waals surface area contributed by atoms with E-state index in [1.165, 1.54) is 12.8 Å². The first kappa shape index (κ1) is 11.0. The van der Waals surface area contributed by atoms with Crippen molar-refractivity contribution in [2.24, 2.45) is 0 Å². The lowest BCUT2D eigenvalue weighted by Gasteiger charge is -2.20. The van der Waals surface area contributed by atoms with Gasteiger partial charge in [-0.1, -0.05) is 35.0 Å². The van der Waals surface area contributed by atoms with Crippen LogP contribution in [0, 0.1) is 0 Å². The Morgan fingerprint density at radius 1 is 1.24 bits per heavy atom. The summed E-state index contributed by atoms with van der Waals surface area (Å²) in [7, 11) is 0. The van der Waals surface area contributed by atoms with Gasteiger partial charge in [0, 0.05) is 22.5 Å². The van der Waals surface area contributed by atoms with Crippen molar-refractivity contribution in [3.8, 4) is 11.4 Å². The molecule has 17 heavy (non-hydrogen) atoms. The predicted molar refractivity (Wildman–Crippen MR) is 70.8 cm³/mol. The highest BCUT2D eigenvalue weighted by molar-refractivity contribution is 9.10. The van der Waals surface area contributed by atoms with Gasteiger partial charge < -0.3 is 4.57 Å². The van der Waals surface area contributed by atoms with Gasteiger partial charge >= 0.3 is 0 Å². The van der Waals surface area contributed by atoms with Crippen molar-refractivity contribution in [1.29, 1.82) is 0 Å². The van der Waals surface area contributed by atoms with Crippen molar-refractivity contribution in [3.63, 3.8) is 0 Å². The van der Waals surface area contributed by atoms with Gasteiger partial charge in [0.25, 0.3) is 0 Å². The zero-order valence-electron chi connectivity index (χ0n) is 9.73. The van der Waals surface area contributed by atoms with Gasteiger partial charge in [0.15, 0.2) is 5.82 Å². The molecule has 0 bridgehead atoms. The quantitative estimate of drug-likeness (QED) is 0.804. The number of halogens is 1. The molecule has 2 aromatic rings. The van der Waals surface area contributed by atoms with E-state index in [4.69, 9.17) is 0 Å². The average molecular weight is 292 g/mol. The zero-order chi connectivity index (χ0) is 11.8. The summed E-state index contributed by atoms with van der Waals surface area (Å²) in [6.45, 7) is 3.27. The Kier molecular flexibility index (Phi) is 2.74. The van der Waals surface area contributed by atoms with Crippen molar-refractivity contribution < 1.29 is 0 Å². The summed E-state index contributed by atoms with van der Waals surface area (Å²) in [5.41, 5.74) is 1.14. The Hall–Kier alpha value is -1.16. The smallest absolute Gasteiger partial charge is 0.163 e. The maximum Gasteiger partial charge on any atom is 0.163 e. The van der Waals surface area contributed by atoms with Crippen molar-refractivity contribution in [2.45, 2.75) is 32.2 Å². The first-order chi connectivity index (χ1) is 8.25. The molecule has 1 aliphatic rings. The molecule has 0 amide bonds. The van der Waals surface area contributed by atoms with Gasteiger partial charge in [-0.15, -0.1) is 10.2 Å². The first-order valence-electron chi connectivity index (χ1n) is 5.95. The fourth-order valence-corrected chi connectivity index (χ4v) is 2.66. The Balaban J connectivity index is 2.07. The average Bonchev–Trinajstić information content (AvgIpc) is 2.75. The minimum Gasteiger partial charge on any atom is -0.311 e. The van der Waals surface area contributed by atoms with Gasteiger partial charge in [-0.2, -0.15) is 0 Å². The standard InChI is InChI=1S/C13H14BrN3/c1-9-3-2-8-17-12(9)15-16-13(17)10-4-6-11(14)7-5-10/h4-7,9H,2-3,8H2,1H3. The van der Waals surface area contributed by atoms with E-state index >= 15 is 0 Å². The third-order valence-corrected chi connectivity index (χ3v) is 3.87. The van der Waals surface area contributed by atoms with Crippen LogP contribution in [0.5, 0.6) is 0 Å². The van der Waals surface area contributed by atoms with E-state index in [2.05, 4.69) is 49.8 Å². The van der Waals surface area contributed by atoms with E-state index < -0.39 is 0 Å². The summed E-state index contributed by atoms with van der Waals surface area (Å²) in [5.74, 6) is 2.66. The number of hydrogen-bond donors (Lipinski definition) is 0. The lowest BCUT2D eigenvalue weighted by molar-refractivity contribution is 0.466. The summed E-state index contributed by atoms with van der Waals surface area (Å²) in [4.78, 5) is 0. The molecule has 4 heteroatoms. The molecule has 1 aromatic carbocycles. The summed E-state index contributed by atoms with van der Waals surface area (Å²) in [6, 6.07) is 8.26. The second-order valence-electron chi connectivity index (χ2n) is 4.58. The summed E-state index contributed by atoms with van der Waals surface area (Å²) in [6.07, 6.45) is 2.44. The molecular weight excluding hydrogens is 278 g/mol. The molecule has 1 aliphatic heterocycles. The molecule has 0 N–H and O–H groups in total. The molecule has 0 radical (unpaired) electrons. The normalized spacial score (nSPS) is 19.1. The fraction of sp³-hybridized carbons (Fsp3) is 0.385. The van der Waals surface area contributed by atoms with Crippen LogP contribution < -0.4 is 0 Å². The molecular formula is C13H14BrN3. The van der Waals surface area contributed by atoms with Crippen LogP contribution in [0.4, 0.5) is 0 Å². The van der Waals surface area contributed by atoms with E-state index in [1.54, 1.807) is 0 Å². The minimum atomic E-state index is 0.528. The van der Waals surface area contributed by atoms with E-state index in [0.717, 1.165) is 28.2 Å². The van der Waals surface area contributed by atoms with Gasteiger partial charge in [0.2, 0.25) is 0 Å². The van der Waals surface area contributed by atoms with Crippen LogP contribution >= 0.6 is 15.9 Å². The Bertz CT molecular complexity index is 530. The molecule has 0 saturated heterocycles. The molecule has 88 valence electrons. The molecule has 3 rings (SSSR count). The molecule has 0 fully saturated rings. The van der Waals surface area contributed by atoms with Crippen LogP contribution in [-0.4, -0.2) is 14.8 Å². The van der Waals surface area contributed by atoms with E-state index in [9.17, 15) is 0 Å². The topological polar surface area (TPSA) is 30.7 Å². The number of nitrogens with zero attached hydrogens (tertiary/aromatic N) is 3. The highest BCUT2D eigenvalue weighted by atomic mass is 79.9. The zero-order valence-corrected chi connectivity index (χ0v) is 11.3. The largest absolute Gasteiger partial charge is 0.311 e. The van der Waals surface area contributed by atoms with Crippen LogP contribution in [0.25, 0.3) is 11.4 Å².